The quantitative estimate of drug-likeness (QED) is 0.581. The number of imidazole rings is 1. The third-order valence-corrected chi connectivity index (χ3v) is 5.60. The van der Waals surface area contributed by atoms with E-state index in [0.29, 0.717) is 29.5 Å². The first-order chi connectivity index (χ1) is 14.1. The van der Waals surface area contributed by atoms with E-state index in [1.165, 1.54) is 17.0 Å². The average Bonchev–Trinajstić information content (AvgIpc) is 3.30. The van der Waals surface area contributed by atoms with Crippen LogP contribution in [0.1, 0.15) is 24.1 Å². The van der Waals surface area contributed by atoms with Gasteiger partial charge in [-0.1, -0.05) is 6.07 Å². The molecule has 1 fully saturated rings. The summed E-state index contributed by atoms with van der Waals surface area (Å²) in [5.41, 5.74) is 2.89. The van der Waals surface area contributed by atoms with Gasteiger partial charge in [-0.15, -0.1) is 0 Å². The largest absolute Gasteiger partial charge is 0.492 e. The van der Waals surface area contributed by atoms with Gasteiger partial charge in [0.2, 0.25) is 5.88 Å². The molecule has 4 heterocycles. The van der Waals surface area contributed by atoms with Crippen LogP contribution in [-0.4, -0.2) is 31.1 Å². The highest BCUT2D eigenvalue weighted by Gasteiger charge is 2.52. The molecule has 1 saturated carbocycles. The number of aromatic amines is 1. The molecule has 0 amide bonds. The van der Waals surface area contributed by atoms with E-state index in [2.05, 4.69) is 19.9 Å². The second kappa shape index (κ2) is 5.66. The van der Waals surface area contributed by atoms with Gasteiger partial charge in [0.25, 0.3) is 0 Å². The maximum atomic E-state index is 12.4. The normalized spacial score (nSPS) is 16.0. The molecule has 1 aliphatic heterocycles. The van der Waals surface area contributed by atoms with Crippen molar-refractivity contribution in [3.8, 4) is 23.2 Å². The predicted octanol–water partition coefficient (Wildman–Crippen LogP) is 3.03. The van der Waals surface area contributed by atoms with Crippen LogP contribution in [0.5, 0.6) is 17.4 Å². The molecule has 0 bridgehead atoms. The Labute approximate surface area is 165 Å². The maximum absolute atomic E-state index is 12.4. The summed E-state index contributed by atoms with van der Waals surface area (Å²) in [6.07, 6.45) is 5.26. The standard InChI is InChI=1S/C21H17N5O3/c1-12-5-6-13-19(24-12)26(20(27)25-13)16-9-23-17(10-22-16)29-15-4-2-3-14-18(15)21(7-8-21)11-28-14/h2-6,9-10H,7-8,11H2,1H3,(H,25,27). The molecule has 2 aliphatic rings. The number of nitrogens with zero attached hydrogens (tertiary/aromatic N) is 4. The zero-order valence-corrected chi connectivity index (χ0v) is 15.7. The van der Waals surface area contributed by atoms with E-state index < -0.39 is 0 Å². The molecule has 1 N–H and O–H groups in total. The highest BCUT2D eigenvalue weighted by molar-refractivity contribution is 5.72. The number of hydrogen-bond acceptors (Lipinski definition) is 6. The molecule has 144 valence electrons. The third kappa shape index (κ3) is 2.45. The van der Waals surface area contributed by atoms with Crippen molar-refractivity contribution in [1.82, 2.24) is 24.5 Å². The first kappa shape index (κ1) is 16.3. The minimum atomic E-state index is -0.310. The van der Waals surface area contributed by atoms with E-state index in [9.17, 15) is 4.79 Å². The molecule has 8 heteroatoms. The van der Waals surface area contributed by atoms with Gasteiger partial charge >= 0.3 is 5.69 Å². The Morgan fingerprint density at radius 1 is 1.17 bits per heavy atom. The van der Waals surface area contributed by atoms with Crippen LogP contribution in [0.2, 0.25) is 0 Å². The van der Waals surface area contributed by atoms with Crippen LogP contribution in [0.4, 0.5) is 0 Å². The number of nitrogens with one attached hydrogen (secondary N) is 1. The van der Waals surface area contributed by atoms with Gasteiger partial charge in [-0.3, -0.25) is 0 Å². The molecule has 0 unspecified atom stereocenters. The smallest absolute Gasteiger partial charge is 0.333 e. The fourth-order valence-electron chi connectivity index (χ4n) is 3.95. The first-order valence-electron chi connectivity index (χ1n) is 9.48. The lowest BCUT2D eigenvalue weighted by Crippen LogP contribution is -2.16. The Hall–Kier alpha value is -3.68. The van der Waals surface area contributed by atoms with Crippen LogP contribution in [0.3, 0.4) is 0 Å². The molecule has 1 aliphatic carbocycles. The Morgan fingerprint density at radius 3 is 2.86 bits per heavy atom. The van der Waals surface area contributed by atoms with Crippen LogP contribution >= 0.6 is 0 Å². The zero-order chi connectivity index (χ0) is 19.6. The van der Waals surface area contributed by atoms with Crippen LogP contribution in [0.15, 0.2) is 47.5 Å². The number of benzene rings is 1. The Balaban J connectivity index is 1.36. The second-order valence-electron chi connectivity index (χ2n) is 7.60. The monoisotopic (exact) mass is 387 g/mol. The summed E-state index contributed by atoms with van der Waals surface area (Å²) in [6, 6.07) is 9.49. The minimum Gasteiger partial charge on any atom is -0.492 e. The number of fused-ring (bicyclic) bond motifs is 3. The van der Waals surface area contributed by atoms with E-state index in [1.54, 1.807) is 0 Å². The van der Waals surface area contributed by atoms with Gasteiger partial charge in [-0.05, 0) is 44.0 Å². The fourth-order valence-corrected chi connectivity index (χ4v) is 3.95. The highest BCUT2D eigenvalue weighted by Crippen LogP contribution is 2.58. The fraction of sp³-hybridized carbons (Fsp3) is 0.238. The number of pyridine rings is 1. The van der Waals surface area contributed by atoms with Crippen molar-refractivity contribution >= 4 is 11.2 Å². The molecule has 8 nitrogen and oxygen atoms in total. The van der Waals surface area contributed by atoms with Crippen molar-refractivity contribution < 1.29 is 9.47 Å². The number of aromatic nitrogens is 5. The van der Waals surface area contributed by atoms with Crippen molar-refractivity contribution in [3.63, 3.8) is 0 Å². The summed E-state index contributed by atoms with van der Waals surface area (Å²) in [4.78, 5) is 28.4. The highest BCUT2D eigenvalue weighted by atomic mass is 16.5. The van der Waals surface area contributed by atoms with Crippen molar-refractivity contribution in [1.29, 1.82) is 0 Å². The van der Waals surface area contributed by atoms with Gasteiger partial charge in [0, 0.05) is 16.7 Å². The summed E-state index contributed by atoms with van der Waals surface area (Å²) >= 11 is 0. The molecule has 3 aromatic heterocycles. The van der Waals surface area contributed by atoms with Crippen LogP contribution in [0, 0.1) is 6.92 Å². The van der Waals surface area contributed by atoms with Gasteiger partial charge in [0.1, 0.15) is 11.5 Å². The third-order valence-electron chi connectivity index (χ3n) is 5.60. The lowest BCUT2D eigenvalue weighted by Gasteiger charge is -2.12. The predicted molar refractivity (Wildman–Crippen MR) is 105 cm³/mol. The molecule has 0 saturated heterocycles. The molecule has 0 atom stereocenters. The van der Waals surface area contributed by atoms with Gasteiger partial charge in [-0.25, -0.2) is 24.3 Å². The number of rotatable bonds is 3. The van der Waals surface area contributed by atoms with Crippen molar-refractivity contribution in [2.45, 2.75) is 25.2 Å². The van der Waals surface area contributed by atoms with Gasteiger partial charge in [-0.2, -0.15) is 0 Å². The summed E-state index contributed by atoms with van der Waals surface area (Å²) < 4.78 is 13.3. The van der Waals surface area contributed by atoms with Gasteiger partial charge in [0.05, 0.1) is 24.5 Å². The summed E-state index contributed by atoms with van der Waals surface area (Å²) in [6.45, 7) is 2.59. The van der Waals surface area contributed by atoms with E-state index in [1.807, 2.05) is 37.3 Å². The van der Waals surface area contributed by atoms with E-state index >= 15 is 0 Å². The number of hydrogen-bond donors (Lipinski definition) is 1. The Morgan fingerprint density at radius 2 is 2.07 bits per heavy atom. The van der Waals surface area contributed by atoms with Crippen molar-refractivity contribution in [2.75, 3.05) is 6.61 Å². The molecule has 29 heavy (non-hydrogen) atoms. The number of H-pyrrole nitrogens is 1. The lowest BCUT2D eigenvalue weighted by atomic mass is 9.97. The summed E-state index contributed by atoms with van der Waals surface area (Å²) in [7, 11) is 0. The molecular formula is C21H17N5O3. The SMILES string of the molecule is Cc1ccc2[nH]c(=O)n(-c3cnc(Oc4cccc5c4C4(CC4)CO5)cn3)c2n1. The molecule has 0 radical (unpaired) electrons. The average molecular weight is 387 g/mol. The van der Waals surface area contributed by atoms with Crippen LogP contribution in [-0.2, 0) is 5.41 Å². The number of aryl methyl sites for hydroxylation is 1. The van der Waals surface area contributed by atoms with Gasteiger partial charge in [0.15, 0.2) is 11.5 Å². The molecular weight excluding hydrogens is 370 g/mol. The number of ether oxygens (including phenoxy) is 2. The van der Waals surface area contributed by atoms with E-state index in [-0.39, 0.29) is 11.1 Å². The summed E-state index contributed by atoms with van der Waals surface area (Å²) in [5.74, 6) is 2.38. The molecule has 1 aromatic carbocycles. The van der Waals surface area contributed by atoms with Crippen molar-refractivity contribution in [3.05, 3.63) is 64.5 Å². The topological polar surface area (TPSA) is 94.9 Å². The second-order valence-corrected chi connectivity index (χ2v) is 7.60. The van der Waals surface area contributed by atoms with E-state index in [0.717, 1.165) is 35.6 Å². The van der Waals surface area contributed by atoms with Crippen molar-refractivity contribution in [2.24, 2.45) is 0 Å². The van der Waals surface area contributed by atoms with Crippen LogP contribution < -0.4 is 15.2 Å². The van der Waals surface area contributed by atoms with Crippen LogP contribution in [0.25, 0.3) is 17.0 Å². The summed E-state index contributed by atoms with van der Waals surface area (Å²) in [5, 5.41) is 0. The maximum Gasteiger partial charge on any atom is 0.333 e. The molecule has 1 spiro atoms. The molecule has 4 aromatic rings. The Bertz CT molecular complexity index is 1320. The van der Waals surface area contributed by atoms with E-state index in [4.69, 9.17) is 9.47 Å². The zero-order valence-electron chi connectivity index (χ0n) is 15.7. The molecule has 6 rings (SSSR count). The minimum absolute atomic E-state index is 0.0974. The first-order valence-corrected chi connectivity index (χ1v) is 9.48. The van der Waals surface area contributed by atoms with Gasteiger partial charge < -0.3 is 14.5 Å². The lowest BCUT2D eigenvalue weighted by molar-refractivity contribution is 0.323. The Kier molecular flexibility index (Phi) is 3.18.